The van der Waals surface area contributed by atoms with Gasteiger partial charge in [-0.3, -0.25) is 9.59 Å². The van der Waals surface area contributed by atoms with Crippen molar-refractivity contribution in [1.82, 2.24) is 9.88 Å². The number of pyridine rings is 1. The van der Waals surface area contributed by atoms with Crippen LogP contribution < -0.4 is 15.6 Å². The van der Waals surface area contributed by atoms with Gasteiger partial charge in [0.05, 0.1) is 6.61 Å². The number of aryl methyl sites for hydroxylation is 1. The second-order valence-corrected chi connectivity index (χ2v) is 6.10. The first kappa shape index (κ1) is 16.3. The fourth-order valence-corrected chi connectivity index (χ4v) is 2.95. The van der Waals surface area contributed by atoms with Gasteiger partial charge >= 0.3 is 0 Å². The van der Waals surface area contributed by atoms with E-state index in [-0.39, 0.29) is 11.5 Å². The topological polar surface area (TPSA) is 60.3 Å². The molecule has 1 unspecified atom stereocenters. The van der Waals surface area contributed by atoms with Gasteiger partial charge in [0.15, 0.2) is 0 Å². The predicted octanol–water partition coefficient (Wildman–Crippen LogP) is 2.00. The van der Waals surface area contributed by atoms with E-state index < -0.39 is 0 Å². The lowest BCUT2D eigenvalue weighted by atomic mass is 9.97. The number of aromatic nitrogens is 1. The number of rotatable bonds is 5. The summed E-state index contributed by atoms with van der Waals surface area (Å²) in [6, 6.07) is 13.1. The molecule has 0 saturated carbocycles. The van der Waals surface area contributed by atoms with Crippen molar-refractivity contribution in [2.75, 3.05) is 13.2 Å². The van der Waals surface area contributed by atoms with E-state index in [0.717, 1.165) is 18.6 Å². The molecule has 0 fully saturated rings. The van der Waals surface area contributed by atoms with Gasteiger partial charge in [-0.2, -0.15) is 0 Å². The standard InChI is InChI=1S/C19H22N2O3/c22-18(8-11-21-10-4-3-7-19(21)23)20-14-15-9-12-24-17-6-2-1-5-16(17)13-15/h1-7,10,15H,8-9,11-14H2,(H,20,22). The Morgan fingerprint density at radius 3 is 2.92 bits per heavy atom. The van der Waals surface area contributed by atoms with Crippen LogP contribution in [0.5, 0.6) is 5.75 Å². The minimum absolute atomic E-state index is 0.0239. The largest absolute Gasteiger partial charge is 0.493 e. The van der Waals surface area contributed by atoms with Gasteiger partial charge in [0.2, 0.25) is 5.91 Å². The van der Waals surface area contributed by atoms with Gasteiger partial charge in [0.25, 0.3) is 5.56 Å². The summed E-state index contributed by atoms with van der Waals surface area (Å²) in [6.07, 6.45) is 3.85. The summed E-state index contributed by atoms with van der Waals surface area (Å²) in [7, 11) is 0. The van der Waals surface area contributed by atoms with Crippen LogP contribution in [0.4, 0.5) is 0 Å². The van der Waals surface area contributed by atoms with Crippen molar-refractivity contribution in [3.63, 3.8) is 0 Å². The molecule has 24 heavy (non-hydrogen) atoms. The second kappa shape index (κ2) is 7.81. The summed E-state index contributed by atoms with van der Waals surface area (Å²) in [5.41, 5.74) is 1.12. The molecule has 2 aromatic rings. The third-order valence-electron chi connectivity index (χ3n) is 4.33. The number of hydrogen-bond donors (Lipinski definition) is 1. The lowest BCUT2D eigenvalue weighted by molar-refractivity contribution is -0.121. The van der Waals surface area contributed by atoms with Crippen LogP contribution in [0.15, 0.2) is 53.5 Å². The van der Waals surface area contributed by atoms with Crippen LogP contribution in [0.1, 0.15) is 18.4 Å². The Hall–Kier alpha value is -2.56. The van der Waals surface area contributed by atoms with Crippen molar-refractivity contribution in [2.45, 2.75) is 25.8 Å². The van der Waals surface area contributed by atoms with E-state index in [1.54, 1.807) is 22.9 Å². The highest BCUT2D eigenvalue weighted by Crippen LogP contribution is 2.26. The van der Waals surface area contributed by atoms with E-state index >= 15 is 0 Å². The molecular weight excluding hydrogens is 304 g/mol. The van der Waals surface area contributed by atoms with Crippen LogP contribution in [0, 0.1) is 5.92 Å². The molecule has 5 nitrogen and oxygen atoms in total. The van der Waals surface area contributed by atoms with E-state index in [9.17, 15) is 9.59 Å². The molecule has 1 aliphatic rings. The van der Waals surface area contributed by atoms with E-state index in [1.165, 1.54) is 11.6 Å². The van der Waals surface area contributed by atoms with E-state index in [0.29, 0.717) is 32.0 Å². The monoisotopic (exact) mass is 326 g/mol. The molecule has 3 rings (SSSR count). The van der Waals surface area contributed by atoms with Gasteiger partial charge in [0, 0.05) is 31.8 Å². The molecule has 2 heterocycles. The Morgan fingerprint density at radius 2 is 2.04 bits per heavy atom. The molecule has 1 N–H and O–H groups in total. The number of nitrogens with one attached hydrogen (secondary N) is 1. The first-order valence-electron chi connectivity index (χ1n) is 8.35. The van der Waals surface area contributed by atoms with Crippen molar-refractivity contribution < 1.29 is 9.53 Å². The summed E-state index contributed by atoms with van der Waals surface area (Å²) >= 11 is 0. The van der Waals surface area contributed by atoms with Crippen LogP contribution in [-0.4, -0.2) is 23.6 Å². The molecule has 126 valence electrons. The molecule has 0 saturated heterocycles. The van der Waals surface area contributed by atoms with Gasteiger partial charge < -0.3 is 14.6 Å². The number of nitrogens with zero attached hydrogens (tertiary/aromatic N) is 1. The zero-order valence-corrected chi connectivity index (χ0v) is 13.6. The Labute approximate surface area is 141 Å². The summed E-state index contributed by atoms with van der Waals surface area (Å²) < 4.78 is 7.30. The third kappa shape index (κ3) is 4.25. The van der Waals surface area contributed by atoms with E-state index in [1.807, 2.05) is 18.2 Å². The minimum atomic E-state index is -0.0807. The van der Waals surface area contributed by atoms with Crippen molar-refractivity contribution >= 4 is 5.91 Å². The number of ether oxygens (including phenoxy) is 1. The Bertz CT molecular complexity index is 754. The molecule has 0 radical (unpaired) electrons. The van der Waals surface area contributed by atoms with Crippen LogP contribution in [-0.2, 0) is 17.8 Å². The third-order valence-corrected chi connectivity index (χ3v) is 4.33. The summed E-state index contributed by atoms with van der Waals surface area (Å²) in [5.74, 6) is 1.30. The van der Waals surface area contributed by atoms with Gasteiger partial charge in [0.1, 0.15) is 5.75 Å². The molecule has 0 bridgehead atoms. The summed E-state index contributed by atoms with van der Waals surface area (Å²) in [6.45, 7) is 1.72. The normalized spacial score (nSPS) is 16.6. The van der Waals surface area contributed by atoms with Crippen LogP contribution in [0.3, 0.4) is 0 Å². The van der Waals surface area contributed by atoms with E-state index in [4.69, 9.17) is 4.74 Å². The van der Waals surface area contributed by atoms with Crippen molar-refractivity contribution in [1.29, 1.82) is 0 Å². The average molecular weight is 326 g/mol. The quantitative estimate of drug-likeness (QED) is 0.914. The lowest BCUT2D eigenvalue weighted by Gasteiger charge is -2.15. The molecule has 1 aromatic heterocycles. The van der Waals surface area contributed by atoms with Gasteiger partial charge in [-0.15, -0.1) is 0 Å². The Balaban J connectivity index is 1.48. The molecule has 1 aliphatic heterocycles. The maximum atomic E-state index is 12.0. The first-order chi connectivity index (χ1) is 11.7. The summed E-state index contributed by atoms with van der Waals surface area (Å²) in [4.78, 5) is 23.7. The summed E-state index contributed by atoms with van der Waals surface area (Å²) in [5, 5.41) is 2.99. The molecular formula is C19H22N2O3. The molecule has 1 aromatic carbocycles. The fraction of sp³-hybridized carbons (Fsp3) is 0.368. The van der Waals surface area contributed by atoms with Gasteiger partial charge in [-0.05, 0) is 36.5 Å². The maximum absolute atomic E-state index is 12.0. The smallest absolute Gasteiger partial charge is 0.250 e. The molecule has 1 amide bonds. The second-order valence-electron chi connectivity index (χ2n) is 6.10. The van der Waals surface area contributed by atoms with E-state index in [2.05, 4.69) is 11.4 Å². The zero-order chi connectivity index (χ0) is 16.8. The zero-order valence-electron chi connectivity index (χ0n) is 13.6. The lowest BCUT2D eigenvalue weighted by Crippen LogP contribution is -2.32. The number of carbonyl (C=O) groups is 1. The van der Waals surface area contributed by atoms with Crippen molar-refractivity contribution in [3.05, 3.63) is 64.6 Å². The highest BCUT2D eigenvalue weighted by Gasteiger charge is 2.17. The highest BCUT2D eigenvalue weighted by atomic mass is 16.5. The highest BCUT2D eigenvalue weighted by molar-refractivity contribution is 5.75. The fourth-order valence-electron chi connectivity index (χ4n) is 2.95. The molecule has 5 heteroatoms. The molecule has 0 spiro atoms. The average Bonchev–Trinajstić information content (AvgIpc) is 2.81. The van der Waals surface area contributed by atoms with Crippen molar-refractivity contribution in [2.24, 2.45) is 5.92 Å². The van der Waals surface area contributed by atoms with Gasteiger partial charge in [-0.1, -0.05) is 24.3 Å². The van der Waals surface area contributed by atoms with Gasteiger partial charge in [-0.25, -0.2) is 0 Å². The number of benzene rings is 1. The Morgan fingerprint density at radius 1 is 1.21 bits per heavy atom. The number of para-hydroxylation sites is 1. The van der Waals surface area contributed by atoms with Crippen LogP contribution in [0.25, 0.3) is 0 Å². The van der Waals surface area contributed by atoms with Crippen LogP contribution in [0.2, 0.25) is 0 Å². The predicted molar refractivity (Wildman–Crippen MR) is 92.1 cm³/mol. The van der Waals surface area contributed by atoms with Crippen molar-refractivity contribution in [3.8, 4) is 5.75 Å². The molecule has 1 atom stereocenters. The Kier molecular flexibility index (Phi) is 5.31. The number of amides is 1. The maximum Gasteiger partial charge on any atom is 0.250 e. The number of hydrogen-bond acceptors (Lipinski definition) is 3. The number of fused-ring (bicyclic) bond motifs is 1. The minimum Gasteiger partial charge on any atom is -0.493 e. The number of carbonyl (C=O) groups excluding carboxylic acids is 1. The van der Waals surface area contributed by atoms with Crippen LogP contribution >= 0.6 is 0 Å². The SMILES string of the molecule is O=C(CCn1ccccc1=O)NCC1CCOc2ccccc2C1. The molecule has 0 aliphatic carbocycles. The first-order valence-corrected chi connectivity index (χ1v) is 8.35.